The number of rotatable bonds is 2. The van der Waals surface area contributed by atoms with Crippen molar-refractivity contribution in [3.05, 3.63) is 29.8 Å². The van der Waals surface area contributed by atoms with Crippen molar-refractivity contribution < 1.29 is 13.2 Å². The molecule has 0 aliphatic rings. The quantitative estimate of drug-likeness (QED) is 0.628. The molecule has 0 heterocycles. The van der Waals surface area contributed by atoms with Gasteiger partial charge < -0.3 is 5.43 Å². The molecule has 0 spiro atoms. The highest BCUT2D eigenvalue weighted by atomic mass is 19.4. The van der Waals surface area contributed by atoms with Crippen molar-refractivity contribution in [2.75, 3.05) is 5.43 Å². The van der Waals surface area contributed by atoms with E-state index in [2.05, 4.69) is 5.43 Å². The molecule has 1 rings (SSSR count). The first kappa shape index (κ1) is 13.8. The van der Waals surface area contributed by atoms with Crippen LogP contribution in [0.3, 0.4) is 0 Å². The van der Waals surface area contributed by atoms with Gasteiger partial charge in [-0.3, -0.25) is 0 Å². The van der Waals surface area contributed by atoms with Gasteiger partial charge in [0.25, 0.3) is 0 Å². The zero-order chi connectivity index (χ0) is 13.3. The summed E-state index contributed by atoms with van der Waals surface area (Å²) in [5, 5.41) is 0.296. The van der Waals surface area contributed by atoms with Crippen LogP contribution in [0.25, 0.3) is 0 Å². The predicted octanol–water partition coefficient (Wildman–Crippen LogP) is 3.94. The molecule has 5 heteroatoms. The molecular formula is C12H17F3N2. The third kappa shape index (κ3) is 3.93. The molecule has 0 unspecified atom stereocenters. The van der Waals surface area contributed by atoms with Gasteiger partial charge in [-0.05, 0) is 39.8 Å². The number of nitrogens with zero attached hydrogens (tertiary/aromatic N) is 1. The number of halogens is 3. The van der Waals surface area contributed by atoms with Gasteiger partial charge in [0.15, 0.2) is 0 Å². The first-order valence-corrected chi connectivity index (χ1v) is 5.31. The van der Waals surface area contributed by atoms with E-state index < -0.39 is 11.8 Å². The van der Waals surface area contributed by atoms with Crippen molar-refractivity contribution in [3.63, 3.8) is 0 Å². The molecule has 0 saturated heterocycles. The van der Waals surface area contributed by atoms with Crippen LogP contribution < -0.4 is 5.43 Å². The number of hydrazine groups is 1. The molecule has 1 N–H and O–H groups in total. The van der Waals surface area contributed by atoms with Gasteiger partial charge in [-0.25, -0.2) is 0 Å². The number of hydrogen-bond acceptors (Lipinski definition) is 2. The summed E-state index contributed by atoms with van der Waals surface area (Å²) >= 11 is 0. The highest BCUT2D eigenvalue weighted by Crippen LogP contribution is 2.29. The Balaban J connectivity index is 2.92. The third-order valence-corrected chi connectivity index (χ3v) is 2.22. The zero-order valence-electron chi connectivity index (χ0n) is 10.4. The van der Waals surface area contributed by atoms with E-state index in [1.807, 2.05) is 6.92 Å². The molecule has 2 nitrogen and oxygen atoms in total. The molecule has 0 fully saturated rings. The van der Waals surface area contributed by atoms with E-state index in [-0.39, 0.29) is 0 Å². The molecule has 0 bridgehead atoms. The molecule has 0 saturated carbocycles. The first-order chi connectivity index (χ1) is 7.60. The van der Waals surface area contributed by atoms with Crippen molar-refractivity contribution in [1.29, 1.82) is 0 Å². The summed E-state index contributed by atoms with van der Waals surface area (Å²) in [5.41, 5.74) is 2.77. The van der Waals surface area contributed by atoms with Gasteiger partial charge in [-0.15, -0.1) is 5.01 Å². The molecule has 96 valence electrons. The number of hydrogen-bond donors (Lipinski definition) is 1. The van der Waals surface area contributed by atoms with Crippen LogP contribution in [0.1, 0.15) is 26.3 Å². The van der Waals surface area contributed by atoms with E-state index in [1.165, 1.54) is 20.8 Å². The fourth-order valence-electron chi connectivity index (χ4n) is 1.37. The fraction of sp³-hybridized carbons (Fsp3) is 0.500. The number of anilines is 1. The molecular weight excluding hydrogens is 229 g/mol. The SMILES string of the molecule is Cc1ccc(NN(C(C)(C)C)C(F)(F)F)cc1. The molecule has 0 atom stereocenters. The highest BCUT2D eigenvalue weighted by Gasteiger charge is 2.44. The maximum absolute atomic E-state index is 12.8. The topological polar surface area (TPSA) is 15.3 Å². The predicted molar refractivity (Wildman–Crippen MR) is 62.4 cm³/mol. The van der Waals surface area contributed by atoms with Crippen LogP contribution in [-0.4, -0.2) is 16.8 Å². The van der Waals surface area contributed by atoms with Crippen molar-refractivity contribution in [1.82, 2.24) is 5.01 Å². The van der Waals surface area contributed by atoms with Gasteiger partial charge >= 0.3 is 6.30 Å². The summed E-state index contributed by atoms with van der Waals surface area (Å²) in [6, 6.07) is 6.78. The van der Waals surface area contributed by atoms with Gasteiger partial charge in [0.05, 0.1) is 0 Å². The Kier molecular flexibility index (Phi) is 3.71. The van der Waals surface area contributed by atoms with E-state index in [0.29, 0.717) is 10.7 Å². The van der Waals surface area contributed by atoms with Gasteiger partial charge in [-0.1, -0.05) is 17.7 Å². The zero-order valence-corrected chi connectivity index (χ0v) is 10.4. The Bertz CT molecular complexity index is 349. The number of nitrogens with one attached hydrogen (secondary N) is 1. The van der Waals surface area contributed by atoms with E-state index >= 15 is 0 Å². The Hall–Kier alpha value is -1.23. The van der Waals surface area contributed by atoms with Crippen LogP contribution in [0.15, 0.2) is 24.3 Å². The number of benzene rings is 1. The standard InChI is InChI=1S/C12H17F3N2/c1-9-5-7-10(8-6-9)16-17(11(2,3)4)12(13,14)15/h5-8,16H,1-4H3. The van der Waals surface area contributed by atoms with Gasteiger partial charge in [0.1, 0.15) is 0 Å². The maximum atomic E-state index is 12.8. The molecule has 0 aliphatic carbocycles. The summed E-state index contributed by atoms with van der Waals surface area (Å²) in [6.45, 7) is 6.39. The lowest BCUT2D eigenvalue weighted by atomic mass is 10.1. The Morgan fingerprint density at radius 3 is 1.82 bits per heavy atom. The monoisotopic (exact) mass is 246 g/mol. The van der Waals surface area contributed by atoms with Crippen LogP contribution in [-0.2, 0) is 0 Å². The van der Waals surface area contributed by atoms with Crippen LogP contribution in [0, 0.1) is 6.92 Å². The molecule has 0 aromatic heterocycles. The fourth-order valence-corrected chi connectivity index (χ4v) is 1.37. The van der Waals surface area contributed by atoms with Crippen LogP contribution in [0.5, 0.6) is 0 Å². The van der Waals surface area contributed by atoms with Crippen molar-refractivity contribution in [3.8, 4) is 0 Å². The smallest absolute Gasteiger partial charge is 0.311 e. The van der Waals surface area contributed by atoms with Crippen LogP contribution in [0.4, 0.5) is 18.9 Å². The minimum atomic E-state index is -4.43. The average Bonchev–Trinajstić information content (AvgIpc) is 2.13. The summed E-state index contributed by atoms with van der Waals surface area (Å²) < 4.78 is 38.5. The van der Waals surface area contributed by atoms with E-state index in [9.17, 15) is 13.2 Å². The Morgan fingerprint density at radius 1 is 1.00 bits per heavy atom. The van der Waals surface area contributed by atoms with Gasteiger partial charge in [-0.2, -0.15) is 13.2 Å². The summed E-state index contributed by atoms with van der Waals surface area (Å²) in [5.74, 6) is 0. The maximum Gasteiger partial charge on any atom is 0.477 e. The normalized spacial score (nSPS) is 12.9. The van der Waals surface area contributed by atoms with Crippen molar-refractivity contribution in [2.24, 2.45) is 0 Å². The Labute approximate surface area is 99.4 Å². The highest BCUT2D eigenvalue weighted by molar-refractivity contribution is 5.43. The van der Waals surface area contributed by atoms with Gasteiger partial charge in [0.2, 0.25) is 0 Å². The molecule has 0 aliphatic heterocycles. The number of aryl methyl sites for hydroxylation is 1. The van der Waals surface area contributed by atoms with Crippen molar-refractivity contribution in [2.45, 2.75) is 39.5 Å². The summed E-state index contributed by atoms with van der Waals surface area (Å²) in [4.78, 5) is 0. The summed E-state index contributed by atoms with van der Waals surface area (Å²) in [7, 11) is 0. The second-order valence-corrected chi connectivity index (χ2v) is 4.95. The second-order valence-electron chi connectivity index (χ2n) is 4.95. The molecule has 0 amide bonds. The molecule has 1 aromatic rings. The largest absolute Gasteiger partial charge is 0.477 e. The van der Waals surface area contributed by atoms with Gasteiger partial charge in [0, 0.05) is 11.2 Å². The molecule has 0 radical (unpaired) electrons. The van der Waals surface area contributed by atoms with E-state index in [1.54, 1.807) is 24.3 Å². The molecule has 17 heavy (non-hydrogen) atoms. The minimum Gasteiger partial charge on any atom is -0.311 e. The summed E-state index contributed by atoms with van der Waals surface area (Å²) in [6.07, 6.45) is -4.43. The lowest BCUT2D eigenvalue weighted by molar-refractivity contribution is -0.260. The lowest BCUT2D eigenvalue weighted by Crippen LogP contribution is -2.53. The van der Waals surface area contributed by atoms with E-state index in [4.69, 9.17) is 0 Å². The number of alkyl halides is 3. The Morgan fingerprint density at radius 2 is 1.47 bits per heavy atom. The lowest BCUT2D eigenvalue weighted by Gasteiger charge is -2.37. The third-order valence-electron chi connectivity index (χ3n) is 2.22. The van der Waals surface area contributed by atoms with Crippen molar-refractivity contribution >= 4 is 5.69 Å². The first-order valence-electron chi connectivity index (χ1n) is 5.31. The minimum absolute atomic E-state index is 0.296. The molecule has 1 aromatic carbocycles. The van der Waals surface area contributed by atoms with Crippen LogP contribution >= 0.6 is 0 Å². The van der Waals surface area contributed by atoms with E-state index in [0.717, 1.165) is 5.56 Å². The second kappa shape index (κ2) is 4.56. The van der Waals surface area contributed by atoms with Crippen LogP contribution in [0.2, 0.25) is 0 Å². The average molecular weight is 246 g/mol.